The number of esters is 1. The molecule has 24 heavy (non-hydrogen) atoms. The highest BCUT2D eigenvalue weighted by Crippen LogP contribution is 2.17. The number of aryl methyl sites for hydroxylation is 1. The average molecular weight is 335 g/mol. The molecule has 0 radical (unpaired) electrons. The molecule has 2 aromatic carbocycles. The summed E-state index contributed by atoms with van der Waals surface area (Å²) in [6, 6.07) is 12.2. The molecule has 1 amide bonds. The van der Waals surface area contributed by atoms with Crippen molar-refractivity contribution in [3.63, 3.8) is 0 Å². The largest absolute Gasteiger partial charge is 0.452 e. The van der Waals surface area contributed by atoms with E-state index in [-0.39, 0.29) is 5.75 Å². The van der Waals surface area contributed by atoms with Crippen LogP contribution in [0.1, 0.15) is 15.9 Å². The lowest BCUT2D eigenvalue weighted by Gasteiger charge is -2.08. The molecule has 0 fully saturated rings. The quantitative estimate of drug-likeness (QED) is 0.822. The number of hydrogen-bond donors (Lipinski definition) is 1. The van der Waals surface area contributed by atoms with E-state index in [1.54, 1.807) is 18.2 Å². The number of hydrogen-bond acceptors (Lipinski definition) is 4. The summed E-state index contributed by atoms with van der Waals surface area (Å²) in [6.07, 6.45) is 0. The number of anilines is 1. The van der Waals surface area contributed by atoms with E-state index in [0.717, 1.165) is 5.56 Å². The molecule has 126 valence electrons. The molecule has 5 nitrogen and oxygen atoms in total. The summed E-state index contributed by atoms with van der Waals surface area (Å²) >= 11 is 0. The Morgan fingerprint density at radius 1 is 1.12 bits per heavy atom. The van der Waals surface area contributed by atoms with Gasteiger partial charge in [-0.1, -0.05) is 17.7 Å². The Morgan fingerprint density at radius 2 is 1.83 bits per heavy atom. The van der Waals surface area contributed by atoms with Gasteiger partial charge in [0.15, 0.2) is 6.61 Å². The van der Waals surface area contributed by atoms with Gasteiger partial charge in [0.25, 0.3) is 5.91 Å². The maximum Gasteiger partial charge on any atom is 0.387 e. The first-order valence-corrected chi connectivity index (χ1v) is 7.02. The van der Waals surface area contributed by atoms with Gasteiger partial charge in [-0.05, 0) is 43.3 Å². The summed E-state index contributed by atoms with van der Waals surface area (Å²) in [5, 5.41) is 2.48. The second-order valence-corrected chi connectivity index (χ2v) is 4.90. The van der Waals surface area contributed by atoms with Gasteiger partial charge in [0, 0.05) is 5.69 Å². The molecule has 0 saturated carbocycles. The number of carbonyl (C=O) groups excluding carboxylic acids is 2. The maximum absolute atomic E-state index is 12.0. The van der Waals surface area contributed by atoms with Crippen LogP contribution in [0.4, 0.5) is 14.5 Å². The van der Waals surface area contributed by atoms with E-state index in [4.69, 9.17) is 4.74 Å². The van der Waals surface area contributed by atoms with Crippen LogP contribution in [0.2, 0.25) is 0 Å². The van der Waals surface area contributed by atoms with Crippen molar-refractivity contribution in [2.24, 2.45) is 0 Å². The van der Waals surface area contributed by atoms with Crippen LogP contribution in [0.25, 0.3) is 0 Å². The molecule has 0 heterocycles. The molecule has 0 spiro atoms. The molecule has 0 aliphatic carbocycles. The SMILES string of the molecule is Cc1cccc(C(=O)OCC(=O)Nc2ccc(OC(F)F)cc2)c1. The standard InChI is InChI=1S/C17H15F2NO4/c1-11-3-2-4-12(9-11)16(22)23-10-15(21)20-13-5-7-14(8-6-13)24-17(18)19/h2-9,17H,10H2,1H3,(H,20,21). The van der Waals surface area contributed by atoms with Crippen molar-refractivity contribution in [1.29, 1.82) is 0 Å². The Morgan fingerprint density at radius 3 is 2.46 bits per heavy atom. The second-order valence-electron chi connectivity index (χ2n) is 4.90. The predicted octanol–water partition coefficient (Wildman–Crippen LogP) is 3.39. The number of benzene rings is 2. The van der Waals surface area contributed by atoms with Gasteiger partial charge < -0.3 is 14.8 Å². The summed E-state index contributed by atoms with van der Waals surface area (Å²) in [5.74, 6) is -1.16. The van der Waals surface area contributed by atoms with E-state index in [1.165, 1.54) is 24.3 Å². The number of rotatable bonds is 6. The fourth-order valence-corrected chi connectivity index (χ4v) is 1.90. The van der Waals surface area contributed by atoms with Gasteiger partial charge >= 0.3 is 12.6 Å². The molecule has 0 aromatic heterocycles. The van der Waals surface area contributed by atoms with Gasteiger partial charge in [-0.25, -0.2) is 4.79 Å². The van der Waals surface area contributed by atoms with E-state index < -0.39 is 25.1 Å². The van der Waals surface area contributed by atoms with Crippen molar-refractivity contribution in [3.05, 3.63) is 59.7 Å². The van der Waals surface area contributed by atoms with E-state index >= 15 is 0 Å². The van der Waals surface area contributed by atoms with E-state index in [0.29, 0.717) is 11.3 Å². The highest BCUT2D eigenvalue weighted by Gasteiger charge is 2.11. The fourth-order valence-electron chi connectivity index (χ4n) is 1.90. The van der Waals surface area contributed by atoms with Crippen LogP contribution in [0, 0.1) is 6.92 Å². The lowest BCUT2D eigenvalue weighted by Crippen LogP contribution is -2.20. The van der Waals surface area contributed by atoms with Gasteiger partial charge in [-0.2, -0.15) is 8.78 Å². The Labute approximate surface area is 137 Å². The van der Waals surface area contributed by atoms with Crippen LogP contribution >= 0.6 is 0 Å². The van der Waals surface area contributed by atoms with Crippen LogP contribution in [0.15, 0.2) is 48.5 Å². The molecule has 2 aromatic rings. The van der Waals surface area contributed by atoms with E-state index in [2.05, 4.69) is 10.1 Å². The van der Waals surface area contributed by atoms with E-state index in [9.17, 15) is 18.4 Å². The van der Waals surface area contributed by atoms with Gasteiger partial charge in [0.1, 0.15) is 5.75 Å². The maximum atomic E-state index is 12.0. The first-order chi connectivity index (χ1) is 11.4. The summed E-state index contributed by atoms with van der Waals surface area (Å²) in [7, 11) is 0. The average Bonchev–Trinajstić information content (AvgIpc) is 2.54. The van der Waals surface area contributed by atoms with Crippen molar-refractivity contribution >= 4 is 17.6 Å². The highest BCUT2D eigenvalue weighted by molar-refractivity contribution is 5.95. The number of amides is 1. The third-order valence-corrected chi connectivity index (χ3v) is 2.95. The number of nitrogens with one attached hydrogen (secondary N) is 1. The Balaban J connectivity index is 1.83. The molecule has 0 saturated heterocycles. The van der Waals surface area contributed by atoms with Crippen LogP contribution in [0.3, 0.4) is 0 Å². The number of halogens is 2. The molecule has 0 aliphatic rings. The normalized spacial score (nSPS) is 10.3. The fraction of sp³-hybridized carbons (Fsp3) is 0.176. The van der Waals surface area contributed by atoms with Crippen LogP contribution in [0.5, 0.6) is 5.75 Å². The van der Waals surface area contributed by atoms with Crippen LogP contribution < -0.4 is 10.1 Å². The van der Waals surface area contributed by atoms with E-state index in [1.807, 2.05) is 13.0 Å². The first-order valence-electron chi connectivity index (χ1n) is 7.02. The minimum Gasteiger partial charge on any atom is -0.452 e. The van der Waals surface area contributed by atoms with Crippen molar-refractivity contribution < 1.29 is 27.8 Å². The molecule has 2 rings (SSSR count). The van der Waals surface area contributed by atoms with Gasteiger partial charge in [-0.15, -0.1) is 0 Å². The molecule has 1 N–H and O–H groups in total. The van der Waals surface area contributed by atoms with Crippen molar-refractivity contribution in [1.82, 2.24) is 0 Å². The zero-order valence-corrected chi connectivity index (χ0v) is 12.8. The molecule has 0 unspecified atom stereocenters. The molecular weight excluding hydrogens is 320 g/mol. The van der Waals surface area contributed by atoms with Gasteiger partial charge in [0.05, 0.1) is 5.56 Å². The third-order valence-electron chi connectivity index (χ3n) is 2.95. The third kappa shape index (κ3) is 5.35. The summed E-state index contributed by atoms with van der Waals surface area (Å²) in [6.45, 7) is -1.53. The second kappa shape index (κ2) is 8.05. The van der Waals surface area contributed by atoms with Crippen molar-refractivity contribution in [3.8, 4) is 5.75 Å². The Bertz CT molecular complexity index is 717. The zero-order valence-electron chi connectivity index (χ0n) is 12.8. The molecule has 7 heteroatoms. The van der Waals surface area contributed by atoms with Gasteiger partial charge in [-0.3, -0.25) is 4.79 Å². The lowest BCUT2D eigenvalue weighted by atomic mass is 10.1. The molecular formula is C17H15F2NO4. The minimum absolute atomic E-state index is 0.0196. The summed E-state index contributed by atoms with van der Waals surface area (Å²) in [5.41, 5.74) is 1.63. The minimum atomic E-state index is -2.91. The smallest absolute Gasteiger partial charge is 0.387 e. The lowest BCUT2D eigenvalue weighted by molar-refractivity contribution is -0.119. The summed E-state index contributed by atoms with van der Waals surface area (Å²) < 4.78 is 33.2. The first kappa shape index (κ1) is 17.4. The molecule has 0 aliphatic heterocycles. The highest BCUT2D eigenvalue weighted by atomic mass is 19.3. The van der Waals surface area contributed by atoms with Crippen LogP contribution in [-0.2, 0) is 9.53 Å². The molecule has 0 bridgehead atoms. The number of carbonyl (C=O) groups is 2. The molecule has 0 atom stereocenters. The monoisotopic (exact) mass is 335 g/mol. The summed E-state index contributed by atoms with van der Waals surface area (Å²) in [4.78, 5) is 23.5. The Kier molecular flexibility index (Phi) is 5.83. The number of ether oxygens (including phenoxy) is 2. The predicted molar refractivity (Wildman–Crippen MR) is 83.2 cm³/mol. The van der Waals surface area contributed by atoms with Crippen LogP contribution in [-0.4, -0.2) is 25.1 Å². The Hall–Kier alpha value is -2.96. The van der Waals surface area contributed by atoms with Gasteiger partial charge in [0.2, 0.25) is 0 Å². The van der Waals surface area contributed by atoms with Crippen molar-refractivity contribution in [2.45, 2.75) is 13.5 Å². The zero-order chi connectivity index (χ0) is 17.5. The topological polar surface area (TPSA) is 64.6 Å². The van der Waals surface area contributed by atoms with Crippen molar-refractivity contribution in [2.75, 3.05) is 11.9 Å². The number of alkyl halides is 2.